The maximum atomic E-state index is 11.9. The Hall–Kier alpha value is -0.770. The van der Waals surface area contributed by atoms with Crippen molar-refractivity contribution in [2.45, 2.75) is 70.0 Å². The van der Waals surface area contributed by atoms with Crippen LogP contribution in [0.25, 0.3) is 0 Å². The Kier molecular flexibility index (Phi) is 3.96. The van der Waals surface area contributed by atoms with Gasteiger partial charge >= 0.3 is 6.03 Å². The van der Waals surface area contributed by atoms with Crippen LogP contribution in [-0.2, 0) is 0 Å². The summed E-state index contributed by atoms with van der Waals surface area (Å²) in [6.07, 6.45) is 8.67. The molecule has 4 nitrogen and oxygen atoms in total. The number of piperidine rings is 1. The van der Waals surface area contributed by atoms with E-state index in [1.54, 1.807) is 0 Å². The molecule has 2 amide bonds. The van der Waals surface area contributed by atoms with Crippen molar-refractivity contribution in [1.82, 2.24) is 15.5 Å². The van der Waals surface area contributed by atoms with Gasteiger partial charge in [0.05, 0.1) is 0 Å². The van der Waals surface area contributed by atoms with E-state index < -0.39 is 0 Å². The van der Waals surface area contributed by atoms with Crippen molar-refractivity contribution in [1.29, 1.82) is 0 Å². The minimum atomic E-state index is 0.0634. The van der Waals surface area contributed by atoms with E-state index >= 15 is 0 Å². The van der Waals surface area contributed by atoms with Crippen LogP contribution >= 0.6 is 0 Å². The lowest BCUT2D eigenvalue weighted by atomic mass is 10.1. The Morgan fingerprint density at radius 2 is 1.89 bits per heavy atom. The van der Waals surface area contributed by atoms with Crippen LogP contribution in [-0.4, -0.2) is 42.1 Å². The molecule has 0 aromatic rings. The number of urea groups is 1. The Labute approximate surface area is 116 Å². The molecule has 0 aromatic heterocycles. The van der Waals surface area contributed by atoms with Crippen molar-refractivity contribution < 1.29 is 4.79 Å². The molecular weight excluding hydrogens is 238 g/mol. The predicted octanol–water partition coefficient (Wildman–Crippen LogP) is 2.10. The van der Waals surface area contributed by atoms with E-state index in [4.69, 9.17) is 0 Å². The first-order chi connectivity index (χ1) is 9.26. The second-order valence-corrected chi connectivity index (χ2v) is 6.55. The molecule has 0 unspecified atom stereocenters. The van der Waals surface area contributed by atoms with E-state index in [2.05, 4.69) is 22.5 Å². The Balaban J connectivity index is 1.32. The van der Waals surface area contributed by atoms with Gasteiger partial charge in [-0.3, -0.25) is 0 Å². The van der Waals surface area contributed by atoms with Crippen molar-refractivity contribution in [3.63, 3.8) is 0 Å². The van der Waals surface area contributed by atoms with E-state index in [9.17, 15) is 4.79 Å². The molecule has 0 spiro atoms. The summed E-state index contributed by atoms with van der Waals surface area (Å²) in [5, 5.41) is 6.27. The van der Waals surface area contributed by atoms with Gasteiger partial charge in [-0.05, 0) is 44.4 Å². The monoisotopic (exact) mass is 265 g/mol. The summed E-state index contributed by atoms with van der Waals surface area (Å²) in [6, 6.07) is 1.77. The molecule has 1 saturated heterocycles. The zero-order valence-electron chi connectivity index (χ0n) is 12.0. The standard InChI is InChI=1S/C15H27N3O/c1-2-3-11-10-14(11)17-15(19)16-12-6-8-18(9-7-12)13-4-5-13/h11-14H,2-10H2,1H3,(H2,16,17,19)/t11-,14+/m1/s1. The van der Waals surface area contributed by atoms with Gasteiger partial charge < -0.3 is 15.5 Å². The molecule has 19 heavy (non-hydrogen) atoms. The van der Waals surface area contributed by atoms with Gasteiger partial charge in [-0.25, -0.2) is 4.79 Å². The van der Waals surface area contributed by atoms with Gasteiger partial charge in [0.15, 0.2) is 0 Å². The van der Waals surface area contributed by atoms with Gasteiger partial charge in [0, 0.05) is 31.2 Å². The number of rotatable bonds is 5. The van der Waals surface area contributed by atoms with Crippen molar-refractivity contribution >= 4 is 6.03 Å². The lowest BCUT2D eigenvalue weighted by Gasteiger charge is -2.32. The summed E-state index contributed by atoms with van der Waals surface area (Å²) in [5.74, 6) is 0.743. The van der Waals surface area contributed by atoms with Gasteiger partial charge in [0.2, 0.25) is 0 Å². The number of hydrogen-bond donors (Lipinski definition) is 2. The molecule has 1 aliphatic heterocycles. The molecule has 0 radical (unpaired) electrons. The van der Waals surface area contributed by atoms with Crippen LogP contribution in [0.1, 0.15) is 51.9 Å². The Bertz CT molecular complexity index is 321. The molecule has 1 heterocycles. The van der Waals surface area contributed by atoms with E-state index in [0.717, 1.165) is 37.9 Å². The minimum absolute atomic E-state index is 0.0634. The summed E-state index contributed by atoms with van der Waals surface area (Å²) in [5.41, 5.74) is 0. The molecule has 0 aromatic carbocycles. The van der Waals surface area contributed by atoms with Gasteiger partial charge in [-0.1, -0.05) is 13.3 Å². The molecule has 3 fully saturated rings. The van der Waals surface area contributed by atoms with Crippen molar-refractivity contribution in [2.24, 2.45) is 5.92 Å². The second kappa shape index (κ2) is 5.70. The van der Waals surface area contributed by atoms with Crippen LogP contribution in [0.5, 0.6) is 0 Å². The Morgan fingerprint density at radius 3 is 2.53 bits per heavy atom. The third-order valence-electron chi connectivity index (χ3n) is 4.83. The predicted molar refractivity (Wildman–Crippen MR) is 76.1 cm³/mol. The van der Waals surface area contributed by atoms with Gasteiger partial charge in [-0.2, -0.15) is 0 Å². The number of hydrogen-bond acceptors (Lipinski definition) is 2. The molecular formula is C15H27N3O. The molecule has 3 aliphatic rings. The fraction of sp³-hybridized carbons (Fsp3) is 0.933. The van der Waals surface area contributed by atoms with Crippen LogP contribution in [0, 0.1) is 5.92 Å². The highest BCUT2D eigenvalue weighted by molar-refractivity contribution is 5.75. The average molecular weight is 265 g/mol. The number of carbonyl (C=O) groups is 1. The quantitative estimate of drug-likeness (QED) is 0.799. The fourth-order valence-corrected chi connectivity index (χ4v) is 3.36. The summed E-state index contributed by atoms with van der Waals surface area (Å²) in [7, 11) is 0. The zero-order chi connectivity index (χ0) is 13.2. The van der Waals surface area contributed by atoms with Crippen LogP contribution in [0.15, 0.2) is 0 Å². The fourth-order valence-electron chi connectivity index (χ4n) is 3.36. The summed E-state index contributed by atoms with van der Waals surface area (Å²) >= 11 is 0. The summed E-state index contributed by atoms with van der Waals surface area (Å²) in [4.78, 5) is 14.5. The topological polar surface area (TPSA) is 44.4 Å². The molecule has 4 heteroatoms. The summed E-state index contributed by atoms with van der Waals surface area (Å²) in [6.45, 7) is 4.54. The maximum absolute atomic E-state index is 11.9. The van der Waals surface area contributed by atoms with Crippen molar-refractivity contribution in [3.8, 4) is 0 Å². The number of likely N-dealkylation sites (tertiary alicyclic amines) is 1. The highest BCUT2D eigenvalue weighted by Crippen LogP contribution is 2.34. The third-order valence-corrected chi connectivity index (χ3v) is 4.83. The van der Waals surface area contributed by atoms with E-state index in [1.807, 2.05) is 0 Å². The largest absolute Gasteiger partial charge is 0.335 e. The molecule has 108 valence electrons. The minimum Gasteiger partial charge on any atom is -0.335 e. The average Bonchev–Trinajstić information content (AvgIpc) is 3.27. The number of amides is 2. The van der Waals surface area contributed by atoms with Crippen LogP contribution in [0.2, 0.25) is 0 Å². The van der Waals surface area contributed by atoms with Gasteiger partial charge in [0.1, 0.15) is 0 Å². The van der Waals surface area contributed by atoms with Crippen LogP contribution in [0.4, 0.5) is 4.79 Å². The van der Waals surface area contributed by atoms with E-state index in [1.165, 1.54) is 32.1 Å². The van der Waals surface area contributed by atoms with Crippen LogP contribution < -0.4 is 10.6 Å². The lowest BCUT2D eigenvalue weighted by Crippen LogP contribution is -2.48. The second-order valence-electron chi connectivity index (χ2n) is 6.55. The van der Waals surface area contributed by atoms with Gasteiger partial charge in [0.25, 0.3) is 0 Å². The smallest absolute Gasteiger partial charge is 0.315 e. The van der Waals surface area contributed by atoms with Crippen molar-refractivity contribution in [3.05, 3.63) is 0 Å². The number of nitrogens with zero attached hydrogens (tertiary/aromatic N) is 1. The van der Waals surface area contributed by atoms with E-state index in [0.29, 0.717) is 12.1 Å². The highest BCUT2D eigenvalue weighted by atomic mass is 16.2. The SMILES string of the molecule is CCC[C@@H]1C[C@@H]1NC(=O)NC1CCN(C2CC2)CC1. The maximum Gasteiger partial charge on any atom is 0.315 e. The first-order valence-corrected chi connectivity index (χ1v) is 8.07. The van der Waals surface area contributed by atoms with Crippen molar-refractivity contribution in [2.75, 3.05) is 13.1 Å². The highest BCUT2D eigenvalue weighted by Gasteiger charge is 2.37. The molecule has 2 N–H and O–H groups in total. The molecule has 0 bridgehead atoms. The third kappa shape index (κ3) is 3.62. The van der Waals surface area contributed by atoms with Crippen LogP contribution in [0.3, 0.4) is 0 Å². The summed E-state index contributed by atoms with van der Waals surface area (Å²) < 4.78 is 0. The molecule has 2 saturated carbocycles. The first kappa shape index (κ1) is 13.2. The van der Waals surface area contributed by atoms with Gasteiger partial charge in [-0.15, -0.1) is 0 Å². The van der Waals surface area contributed by atoms with E-state index in [-0.39, 0.29) is 6.03 Å². The normalized spacial score (nSPS) is 32.1. The lowest BCUT2D eigenvalue weighted by molar-refractivity contribution is 0.185. The molecule has 2 atom stereocenters. The number of nitrogens with one attached hydrogen (secondary N) is 2. The Morgan fingerprint density at radius 1 is 1.16 bits per heavy atom. The number of carbonyl (C=O) groups excluding carboxylic acids is 1. The molecule has 2 aliphatic carbocycles. The first-order valence-electron chi connectivity index (χ1n) is 8.07. The zero-order valence-corrected chi connectivity index (χ0v) is 12.0. The molecule has 3 rings (SSSR count).